The first kappa shape index (κ1) is 38.8. The number of hydrogen-bond acceptors (Lipinski definition) is 5. The van der Waals surface area contributed by atoms with Crippen molar-refractivity contribution in [3.8, 4) is 28.4 Å². The SMILES string of the molecule is Cc1ccc2c(c1)c1cccnc1n2-c1cc(Oc2cc(C3=N[C@]4(C)Cc5c(C(C)(C)C)cc(C(C)(C)C)cc5[C@]4(C)O3)cc(-c3ccccn3)c2)cc(C(C)(C)C)c1. The van der Waals surface area contributed by atoms with Gasteiger partial charge in [0, 0.05) is 52.3 Å². The predicted octanol–water partition coefficient (Wildman–Crippen LogP) is 13.2. The van der Waals surface area contributed by atoms with E-state index in [4.69, 9.17) is 24.4 Å². The molecule has 59 heavy (non-hydrogen) atoms. The van der Waals surface area contributed by atoms with Gasteiger partial charge in [0.25, 0.3) is 0 Å². The fourth-order valence-corrected chi connectivity index (χ4v) is 9.09. The Bertz CT molecular complexity index is 2850. The molecule has 0 N–H and O–H groups in total. The van der Waals surface area contributed by atoms with E-state index in [9.17, 15) is 0 Å². The van der Waals surface area contributed by atoms with Gasteiger partial charge in [0.1, 0.15) is 22.7 Å². The van der Waals surface area contributed by atoms with Gasteiger partial charge in [-0.25, -0.2) is 9.98 Å². The van der Waals surface area contributed by atoms with Crippen molar-refractivity contribution >= 4 is 27.8 Å². The maximum Gasteiger partial charge on any atom is 0.217 e. The molecular weight excluding hydrogens is 725 g/mol. The molecule has 6 heteroatoms. The molecule has 0 saturated heterocycles. The van der Waals surface area contributed by atoms with E-state index in [1.165, 1.54) is 33.2 Å². The Morgan fingerprint density at radius 3 is 2.08 bits per heavy atom. The molecule has 1 aliphatic heterocycles. The van der Waals surface area contributed by atoms with Crippen molar-refractivity contribution in [2.24, 2.45) is 4.99 Å². The third kappa shape index (κ3) is 6.52. The van der Waals surface area contributed by atoms with Crippen LogP contribution in [0.5, 0.6) is 11.5 Å². The molecule has 3 aromatic heterocycles. The van der Waals surface area contributed by atoms with Gasteiger partial charge in [-0.05, 0) is 126 Å². The van der Waals surface area contributed by atoms with E-state index in [0.29, 0.717) is 11.6 Å². The zero-order valence-corrected chi connectivity index (χ0v) is 36.7. The monoisotopic (exact) mass is 780 g/mol. The Kier molecular flexibility index (Phi) is 8.62. The van der Waals surface area contributed by atoms with Gasteiger partial charge in [0.05, 0.1) is 16.9 Å². The molecule has 0 unspecified atom stereocenters. The van der Waals surface area contributed by atoms with Crippen LogP contribution in [0.2, 0.25) is 0 Å². The Morgan fingerprint density at radius 2 is 1.37 bits per heavy atom. The fourth-order valence-electron chi connectivity index (χ4n) is 9.09. The van der Waals surface area contributed by atoms with Crippen molar-refractivity contribution < 1.29 is 9.47 Å². The Hall–Kier alpha value is -5.75. The topological polar surface area (TPSA) is 61.5 Å². The van der Waals surface area contributed by atoms with Crippen LogP contribution < -0.4 is 4.74 Å². The number of hydrogen-bond donors (Lipinski definition) is 0. The van der Waals surface area contributed by atoms with Crippen LogP contribution in [0.4, 0.5) is 0 Å². The highest BCUT2D eigenvalue weighted by molar-refractivity contribution is 6.08. The van der Waals surface area contributed by atoms with Gasteiger partial charge < -0.3 is 9.47 Å². The summed E-state index contributed by atoms with van der Waals surface area (Å²) < 4.78 is 16.5. The second-order valence-corrected chi connectivity index (χ2v) is 20.3. The normalized spacial score (nSPS) is 19.2. The minimum Gasteiger partial charge on any atom is -0.464 e. The van der Waals surface area contributed by atoms with Crippen LogP contribution in [0.3, 0.4) is 0 Å². The molecule has 6 nitrogen and oxygen atoms in total. The first-order valence-electron chi connectivity index (χ1n) is 21.0. The number of aryl methyl sites for hydroxylation is 1. The number of rotatable bonds is 5. The lowest BCUT2D eigenvalue weighted by Gasteiger charge is -2.33. The summed E-state index contributed by atoms with van der Waals surface area (Å²) in [6.07, 6.45) is 4.51. The van der Waals surface area contributed by atoms with Crippen LogP contribution in [-0.4, -0.2) is 26.0 Å². The van der Waals surface area contributed by atoms with Gasteiger partial charge in [-0.1, -0.05) is 92.1 Å². The summed E-state index contributed by atoms with van der Waals surface area (Å²) in [7, 11) is 0. The lowest BCUT2D eigenvalue weighted by molar-refractivity contribution is 0.0449. The standard InChI is InChI=1S/C53H56N4O2/c1-32-18-19-46-41(22-32)40-16-15-21-55-47(40)57(46)37-26-35(49(2,3)4)27-39(30-37)58-38-24-33(45-17-13-14-20-54-45)23-34(25-38)48-56-52(11)31-42-43(51(8,9)10)28-36(50(5,6)7)29-44(42)53(52,12)59-48/h13-30H,31H2,1-12H3/t52-,53+/m1/s1. The van der Waals surface area contributed by atoms with Crippen molar-refractivity contribution in [2.75, 3.05) is 0 Å². The van der Waals surface area contributed by atoms with E-state index in [2.05, 4.69) is 160 Å². The summed E-state index contributed by atoms with van der Waals surface area (Å²) in [5.74, 6) is 2.04. The van der Waals surface area contributed by atoms with E-state index >= 15 is 0 Å². The van der Waals surface area contributed by atoms with Crippen molar-refractivity contribution in [1.29, 1.82) is 0 Å². The van der Waals surface area contributed by atoms with Crippen molar-refractivity contribution in [3.05, 3.63) is 148 Å². The average molecular weight is 781 g/mol. The van der Waals surface area contributed by atoms with E-state index in [1.807, 2.05) is 36.7 Å². The van der Waals surface area contributed by atoms with Crippen molar-refractivity contribution in [2.45, 2.75) is 117 Å². The largest absolute Gasteiger partial charge is 0.464 e. The van der Waals surface area contributed by atoms with Crippen LogP contribution in [0.25, 0.3) is 38.9 Å². The van der Waals surface area contributed by atoms with Crippen LogP contribution in [-0.2, 0) is 33.0 Å². The number of benzene rings is 4. The molecule has 0 amide bonds. The quantitative estimate of drug-likeness (QED) is 0.174. The van der Waals surface area contributed by atoms with Crippen LogP contribution in [0, 0.1) is 6.92 Å². The van der Waals surface area contributed by atoms with Crippen LogP contribution in [0.15, 0.2) is 114 Å². The van der Waals surface area contributed by atoms with Gasteiger partial charge in [0.2, 0.25) is 5.90 Å². The molecule has 9 rings (SSSR count). The number of aliphatic imine (C=N–C) groups is 1. The highest BCUT2D eigenvalue weighted by atomic mass is 16.5. The third-order valence-corrected chi connectivity index (χ3v) is 12.7. The summed E-state index contributed by atoms with van der Waals surface area (Å²) in [5.41, 5.74) is 12.0. The summed E-state index contributed by atoms with van der Waals surface area (Å²) in [6, 6.07) is 34.4. The van der Waals surface area contributed by atoms with Gasteiger partial charge >= 0.3 is 0 Å². The maximum absolute atomic E-state index is 7.21. The Morgan fingerprint density at radius 1 is 0.661 bits per heavy atom. The van der Waals surface area contributed by atoms with Crippen molar-refractivity contribution in [1.82, 2.24) is 14.5 Å². The van der Waals surface area contributed by atoms with Crippen LogP contribution >= 0.6 is 0 Å². The fraction of sp³-hybridized carbons (Fsp3) is 0.340. The summed E-state index contributed by atoms with van der Waals surface area (Å²) in [5, 5.41) is 2.31. The van der Waals surface area contributed by atoms with Crippen LogP contribution in [0.1, 0.15) is 115 Å². The minimum absolute atomic E-state index is 0.0167. The van der Waals surface area contributed by atoms with Gasteiger partial charge in [-0.2, -0.15) is 0 Å². The van der Waals surface area contributed by atoms with E-state index in [-0.39, 0.29) is 16.2 Å². The average Bonchev–Trinajstić information content (AvgIpc) is 3.72. The Labute approximate surface area is 349 Å². The van der Waals surface area contributed by atoms with Gasteiger partial charge in [-0.15, -0.1) is 0 Å². The van der Waals surface area contributed by atoms with Gasteiger partial charge in [0.15, 0.2) is 5.60 Å². The first-order valence-corrected chi connectivity index (χ1v) is 21.0. The second-order valence-electron chi connectivity index (χ2n) is 20.3. The number of nitrogens with zero attached hydrogens (tertiary/aromatic N) is 4. The lowest BCUT2D eigenvalue weighted by Crippen LogP contribution is -2.40. The molecule has 0 spiro atoms. The number of aromatic nitrogens is 3. The molecule has 4 heterocycles. The van der Waals surface area contributed by atoms with E-state index in [0.717, 1.165) is 56.8 Å². The smallest absolute Gasteiger partial charge is 0.217 e. The van der Waals surface area contributed by atoms with Gasteiger partial charge in [-0.3, -0.25) is 9.55 Å². The molecule has 2 aliphatic rings. The molecule has 300 valence electrons. The lowest BCUT2D eigenvalue weighted by atomic mass is 9.76. The zero-order valence-electron chi connectivity index (χ0n) is 36.7. The molecule has 7 aromatic rings. The molecule has 0 radical (unpaired) electrons. The summed E-state index contributed by atoms with van der Waals surface area (Å²) in [4.78, 5) is 15.2. The second kappa shape index (κ2) is 13.1. The maximum atomic E-state index is 7.21. The predicted molar refractivity (Wildman–Crippen MR) is 243 cm³/mol. The summed E-state index contributed by atoms with van der Waals surface area (Å²) in [6.45, 7) is 27.2. The minimum atomic E-state index is -0.647. The van der Waals surface area contributed by atoms with E-state index < -0.39 is 11.1 Å². The molecular formula is C53H56N4O2. The number of ether oxygens (including phenoxy) is 2. The highest BCUT2D eigenvalue weighted by Crippen LogP contribution is 2.56. The summed E-state index contributed by atoms with van der Waals surface area (Å²) >= 11 is 0. The third-order valence-electron chi connectivity index (χ3n) is 12.7. The first-order chi connectivity index (χ1) is 27.7. The molecule has 1 aliphatic carbocycles. The highest BCUT2D eigenvalue weighted by Gasteiger charge is 2.60. The molecule has 4 aromatic carbocycles. The molecule has 0 bridgehead atoms. The molecule has 0 fully saturated rings. The number of pyridine rings is 2. The van der Waals surface area contributed by atoms with Crippen molar-refractivity contribution in [3.63, 3.8) is 0 Å². The molecule has 0 saturated carbocycles. The Balaban J connectivity index is 1.17. The number of fused-ring (bicyclic) bond motifs is 6. The zero-order chi connectivity index (χ0) is 41.9. The molecule has 2 atom stereocenters. The van der Waals surface area contributed by atoms with E-state index in [1.54, 1.807) is 0 Å².